The lowest BCUT2D eigenvalue weighted by molar-refractivity contribution is -0.118. The largest absolute Gasteiger partial charge is 0.383 e. The van der Waals surface area contributed by atoms with Crippen LogP contribution in [0.3, 0.4) is 0 Å². The highest BCUT2D eigenvalue weighted by Crippen LogP contribution is 1.87. The molecule has 0 aromatic carbocycles. The van der Waals surface area contributed by atoms with Crippen molar-refractivity contribution in [1.29, 1.82) is 0 Å². The Morgan fingerprint density at radius 1 is 1.50 bits per heavy atom. The summed E-state index contributed by atoms with van der Waals surface area (Å²) >= 11 is 0. The molecule has 1 atom stereocenters. The summed E-state index contributed by atoms with van der Waals surface area (Å²) in [6.07, 6.45) is 0. The van der Waals surface area contributed by atoms with Gasteiger partial charge in [-0.25, -0.2) is 0 Å². The summed E-state index contributed by atoms with van der Waals surface area (Å²) in [5.74, 6) is -0.234. The van der Waals surface area contributed by atoms with Gasteiger partial charge in [0.2, 0.25) is 0 Å². The summed E-state index contributed by atoms with van der Waals surface area (Å²) in [5, 5.41) is 0. The first-order valence-electron chi connectivity index (χ1n) is 4.15. The van der Waals surface area contributed by atoms with Gasteiger partial charge in [-0.15, -0.1) is 0 Å². The van der Waals surface area contributed by atoms with Gasteiger partial charge in [0.25, 0.3) is 10.2 Å². The smallest absolute Gasteiger partial charge is 0.277 e. The normalized spacial score (nSPS) is 13.9. The molecule has 0 aromatic heterocycles. The van der Waals surface area contributed by atoms with Crippen LogP contribution in [0.5, 0.6) is 0 Å². The number of ether oxygens (including phenoxy) is 1. The standard InChI is InChI=1S/C7H16N2O4S/c1-6(7(2)10)9-14(11,12)8-4-5-13-3/h6,8-9H,4-5H2,1-3H3. The maximum absolute atomic E-state index is 11.2. The first kappa shape index (κ1) is 13.5. The number of methoxy groups -OCH3 is 1. The van der Waals surface area contributed by atoms with E-state index in [1.54, 1.807) is 0 Å². The van der Waals surface area contributed by atoms with Crippen LogP contribution in [0.4, 0.5) is 0 Å². The van der Waals surface area contributed by atoms with Crippen LogP contribution < -0.4 is 9.44 Å². The monoisotopic (exact) mass is 224 g/mol. The van der Waals surface area contributed by atoms with Crippen molar-refractivity contribution in [3.05, 3.63) is 0 Å². The molecule has 0 aliphatic carbocycles. The minimum Gasteiger partial charge on any atom is -0.383 e. The van der Waals surface area contributed by atoms with Crippen molar-refractivity contribution in [2.24, 2.45) is 0 Å². The summed E-state index contributed by atoms with van der Waals surface area (Å²) in [5.41, 5.74) is 0. The molecule has 0 spiro atoms. The molecule has 0 saturated heterocycles. The van der Waals surface area contributed by atoms with Crippen molar-refractivity contribution in [3.8, 4) is 0 Å². The summed E-state index contributed by atoms with van der Waals surface area (Å²) in [4.78, 5) is 10.8. The molecule has 0 fully saturated rings. The van der Waals surface area contributed by atoms with E-state index in [9.17, 15) is 13.2 Å². The maximum Gasteiger partial charge on any atom is 0.277 e. The Kier molecular flexibility index (Phi) is 5.86. The molecule has 0 aliphatic heterocycles. The van der Waals surface area contributed by atoms with Crippen LogP contribution in [-0.4, -0.2) is 40.5 Å². The van der Waals surface area contributed by atoms with Gasteiger partial charge in [0.1, 0.15) is 5.78 Å². The molecular formula is C7H16N2O4S. The number of hydrogen-bond acceptors (Lipinski definition) is 4. The number of carbonyl (C=O) groups is 1. The molecule has 0 bridgehead atoms. The number of hydrogen-bond donors (Lipinski definition) is 2. The van der Waals surface area contributed by atoms with E-state index >= 15 is 0 Å². The summed E-state index contributed by atoms with van der Waals surface area (Å²) < 4.78 is 31.4. The van der Waals surface area contributed by atoms with Gasteiger partial charge in [-0.05, 0) is 13.8 Å². The molecule has 7 heteroatoms. The van der Waals surface area contributed by atoms with Gasteiger partial charge in [0.05, 0.1) is 12.6 Å². The molecule has 84 valence electrons. The molecule has 0 saturated carbocycles. The van der Waals surface area contributed by atoms with Crippen LogP contribution in [0.25, 0.3) is 0 Å². The van der Waals surface area contributed by atoms with Crippen LogP contribution in [-0.2, 0) is 19.7 Å². The second-order valence-corrected chi connectivity index (χ2v) is 4.37. The average molecular weight is 224 g/mol. The molecule has 14 heavy (non-hydrogen) atoms. The van der Waals surface area contributed by atoms with Gasteiger partial charge in [0.15, 0.2) is 0 Å². The number of rotatable bonds is 7. The van der Waals surface area contributed by atoms with Crippen molar-refractivity contribution in [2.75, 3.05) is 20.3 Å². The highest BCUT2D eigenvalue weighted by molar-refractivity contribution is 7.87. The Labute approximate surface area is 84.2 Å². The molecule has 1 unspecified atom stereocenters. The van der Waals surface area contributed by atoms with E-state index in [2.05, 4.69) is 14.2 Å². The zero-order chi connectivity index (χ0) is 11.2. The van der Waals surface area contributed by atoms with Gasteiger partial charge >= 0.3 is 0 Å². The minimum atomic E-state index is -3.60. The van der Waals surface area contributed by atoms with Crippen molar-refractivity contribution in [1.82, 2.24) is 9.44 Å². The third-order valence-electron chi connectivity index (χ3n) is 1.54. The number of carbonyl (C=O) groups excluding carboxylic acids is 1. The van der Waals surface area contributed by atoms with Gasteiger partial charge < -0.3 is 4.74 Å². The Balaban J connectivity index is 4.01. The molecule has 0 aromatic rings. The maximum atomic E-state index is 11.2. The number of nitrogens with one attached hydrogen (secondary N) is 2. The van der Waals surface area contributed by atoms with Gasteiger partial charge in [0, 0.05) is 13.7 Å². The van der Waals surface area contributed by atoms with Crippen LogP contribution >= 0.6 is 0 Å². The van der Waals surface area contributed by atoms with E-state index in [0.717, 1.165) is 0 Å². The van der Waals surface area contributed by atoms with Crippen molar-refractivity contribution in [2.45, 2.75) is 19.9 Å². The third kappa shape index (κ3) is 6.03. The molecule has 0 radical (unpaired) electrons. The lowest BCUT2D eigenvalue weighted by Gasteiger charge is -2.11. The summed E-state index contributed by atoms with van der Waals surface area (Å²) in [6, 6.07) is -0.713. The fourth-order valence-electron chi connectivity index (χ4n) is 0.635. The first-order valence-corrected chi connectivity index (χ1v) is 5.63. The van der Waals surface area contributed by atoms with E-state index in [-0.39, 0.29) is 18.9 Å². The molecule has 0 heterocycles. The van der Waals surface area contributed by atoms with Crippen LogP contribution in [0.15, 0.2) is 0 Å². The average Bonchev–Trinajstić information content (AvgIpc) is 2.03. The molecule has 0 rings (SSSR count). The van der Waals surface area contributed by atoms with Gasteiger partial charge in [-0.2, -0.15) is 17.9 Å². The van der Waals surface area contributed by atoms with Crippen LogP contribution in [0.1, 0.15) is 13.8 Å². The van der Waals surface area contributed by atoms with Gasteiger partial charge in [-0.1, -0.05) is 0 Å². The van der Waals surface area contributed by atoms with E-state index in [4.69, 9.17) is 0 Å². The molecule has 0 aliphatic rings. The quantitative estimate of drug-likeness (QED) is 0.545. The van der Waals surface area contributed by atoms with E-state index in [1.165, 1.54) is 21.0 Å². The van der Waals surface area contributed by atoms with Crippen LogP contribution in [0, 0.1) is 0 Å². The van der Waals surface area contributed by atoms with Crippen molar-refractivity contribution >= 4 is 16.0 Å². The summed E-state index contributed by atoms with van der Waals surface area (Å²) in [7, 11) is -2.13. The van der Waals surface area contributed by atoms with Crippen molar-refractivity contribution in [3.63, 3.8) is 0 Å². The topological polar surface area (TPSA) is 84.5 Å². The van der Waals surface area contributed by atoms with Gasteiger partial charge in [-0.3, -0.25) is 4.79 Å². The van der Waals surface area contributed by atoms with Crippen LogP contribution in [0.2, 0.25) is 0 Å². The zero-order valence-corrected chi connectivity index (χ0v) is 9.35. The molecular weight excluding hydrogens is 208 g/mol. The minimum absolute atomic E-state index is 0.177. The number of ketones is 1. The number of Topliss-reactive ketones (excluding diaryl/α,β-unsaturated/α-hetero) is 1. The highest BCUT2D eigenvalue weighted by Gasteiger charge is 2.15. The predicted octanol–water partition coefficient (Wildman–Crippen LogP) is -0.966. The highest BCUT2D eigenvalue weighted by atomic mass is 32.2. The van der Waals surface area contributed by atoms with E-state index in [1.807, 2.05) is 0 Å². The lowest BCUT2D eigenvalue weighted by Crippen LogP contribution is -2.45. The molecule has 6 nitrogen and oxygen atoms in total. The summed E-state index contributed by atoms with van der Waals surface area (Å²) in [6.45, 7) is 3.27. The Bertz CT molecular complexity index is 275. The molecule has 2 N–H and O–H groups in total. The second kappa shape index (κ2) is 6.07. The van der Waals surface area contributed by atoms with E-state index in [0.29, 0.717) is 0 Å². The lowest BCUT2D eigenvalue weighted by atomic mass is 10.3. The fourth-order valence-corrected chi connectivity index (χ4v) is 1.70. The van der Waals surface area contributed by atoms with E-state index < -0.39 is 16.3 Å². The predicted molar refractivity (Wildman–Crippen MR) is 52.1 cm³/mol. The zero-order valence-electron chi connectivity index (χ0n) is 8.53. The Morgan fingerprint density at radius 2 is 2.07 bits per heavy atom. The third-order valence-corrected chi connectivity index (χ3v) is 2.79. The SMILES string of the molecule is COCCNS(=O)(=O)NC(C)C(C)=O. The Hall–Kier alpha value is -0.500. The van der Waals surface area contributed by atoms with Crippen molar-refractivity contribution < 1.29 is 17.9 Å². The molecule has 0 amide bonds. The fraction of sp³-hybridized carbons (Fsp3) is 0.857. The first-order chi connectivity index (χ1) is 6.39. The Morgan fingerprint density at radius 3 is 2.50 bits per heavy atom. The second-order valence-electron chi connectivity index (χ2n) is 2.84.